The Labute approximate surface area is 217 Å². The zero-order chi connectivity index (χ0) is 24.9. The molecule has 0 fully saturated rings. The molecule has 0 saturated carbocycles. The van der Waals surface area contributed by atoms with Crippen LogP contribution in [0.5, 0.6) is 0 Å². The predicted molar refractivity (Wildman–Crippen MR) is 146 cm³/mol. The predicted octanol–water partition coefficient (Wildman–Crippen LogP) is 6.05. The lowest BCUT2D eigenvalue weighted by molar-refractivity contribution is -0.113. The number of benzene rings is 2. The second-order valence-electron chi connectivity index (χ2n) is 8.14. The number of carbonyl (C=O) groups is 1. The first-order valence-electron chi connectivity index (χ1n) is 11.5. The van der Waals surface area contributed by atoms with Gasteiger partial charge in [-0.05, 0) is 43.2 Å². The van der Waals surface area contributed by atoms with Crippen molar-refractivity contribution in [2.75, 3.05) is 11.1 Å². The van der Waals surface area contributed by atoms with Crippen molar-refractivity contribution in [3.05, 3.63) is 89.6 Å². The van der Waals surface area contributed by atoms with Crippen LogP contribution in [-0.2, 0) is 11.2 Å². The van der Waals surface area contributed by atoms with Crippen LogP contribution in [0, 0.1) is 6.92 Å². The minimum absolute atomic E-state index is 0.147. The van der Waals surface area contributed by atoms with Gasteiger partial charge in [0.25, 0.3) is 0 Å². The minimum atomic E-state index is -0.147. The second kappa shape index (κ2) is 10.8. The Hall–Kier alpha value is -3.82. The van der Waals surface area contributed by atoms with Crippen molar-refractivity contribution < 1.29 is 4.79 Å². The molecule has 3 heterocycles. The lowest BCUT2D eigenvalue weighted by Gasteiger charge is -2.11. The van der Waals surface area contributed by atoms with Gasteiger partial charge in [0.15, 0.2) is 16.1 Å². The Balaban J connectivity index is 1.33. The van der Waals surface area contributed by atoms with Crippen LogP contribution >= 0.6 is 23.1 Å². The van der Waals surface area contributed by atoms with Crippen molar-refractivity contribution >= 4 is 34.1 Å². The largest absolute Gasteiger partial charge is 0.301 e. The van der Waals surface area contributed by atoms with Gasteiger partial charge in [0.2, 0.25) is 5.91 Å². The Kier molecular flexibility index (Phi) is 7.20. The number of aromatic nitrogens is 5. The monoisotopic (exact) mass is 512 g/mol. The van der Waals surface area contributed by atoms with E-state index in [-0.39, 0.29) is 11.7 Å². The lowest BCUT2D eigenvalue weighted by atomic mass is 10.1. The summed E-state index contributed by atoms with van der Waals surface area (Å²) in [4.78, 5) is 21.4. The minimum Gasteiger partial charge on any atom is -0.301 e. The summed E-state index contributed by atoms with van der Waals surface area (Å²) in [6.07, 6.45) is 4.42. The second-order valence-corrected chi connectivity index (χ2v) is 9.94. The zero-order valence-corrected chi connectivity index (χ0v) is 21.5. The Bertz CT molecular complexity index is 1460. The van der Waals surface area contributed by atoms with E-state index in [2.05, 4.69) is 75.7 Å². The normalized spacial score (nSPS) is 10.9. The molecule has 0 radical (unpaired) electrons. The summed E-state index contributed by atoms with van der Waals surface area (Å²) in [5.74, 6) is 0.736. The fourth-order valence-corrected chi connectivity index (χ4v) is 5.13. The summed E-state index contributed by atoms with van der Waals surface area (Å²) in [5.41, 5.74) is 6.16. The highest BCUT2D eigenvalue weighted by Crippen LogP contribution is 2.29. The van der Waals surface area contributed by atoms with Gasteiger partial charge in [-0.3, -0.25) is 14.3 Å². The summed E-state index contributed by atoms with van der Waals surface area (Å²) < 4.78 is 1.98. The number of hydrogen-bond acceptors (Lipinski definition) is 7. The number of thioether (sulfide) groups is 1. The number of carbonyl (C=O) groups excluding carboxylic acids is 1. The van der Waals surface area contributed by atoms with Gasteiger partial charge in [0.05, 0.1) is 11.4 Å². The number of amides is 1. The molecule has 0 unspecified atom stereocenters. The summed E-state index contributed by atoms with van der Waals surface area (Å²) in [7, 11) is 0. The van der Waals surface area contributed by atoms with Gasteiger partial charge < -0.3 is 5.32 Å². The Morgan fingerprint density at radius 3 is 2.44 bits per heavy atom. The van der Waals surface area contributed by atoms with Gasteiger partial charge in [-0.2, -0.15) is 0 Å². The number of pyridine rings is 1. The molecule has 0 aliphatic rings. The van der Waals surface area contributed by atoms with Gasteiger partial charge in [0.1, 0.15) is 0 Å². The molecule has 2 aromatic carbocycles. The third kappa shape index (κ3) is 5.37. The molecule has 180 valence electrons. The molecule has 0 aliphatic heterocycles. The number of thiazole rings is 1. The van der Waals surface area contributed by atoms with Gasteiger partial charge in [-0.15, -0.1) is 21.5 Å². The van der Waals surface area contributed by atoms with E-state index in [9.17, 15) is 4.79 Å². The number of nitrogens with one attached hydrogen (secondary N) is 1. The maximum absolute atomic E-state index is 12.8. The highest BCUT2D eigenvalue weighted by molar-refractivity contribution is 7.99. The van der Waals surface area contributed by atoms with E-state index < -0.39 is 0 Å². The maximum atomic E-state index is 12.8. The molecule has 36 heavy (non-hydrogen) atoms. The summed E-state index contributed by atoms with van der Waals surface area (Å²) in [6, 6.07) is 20.3. The molecular weight excluding hydrogens is 488 g/mol. The highest BCUT2D eigenvalue weighted by Gasteiger charge is 2.18. The van der Waals surface area contributed by atoms with E-state index in [1.807, 2.05) is 34.2 Å². The standard InChI is InChI=1S/C27H24N6OS2/c1-3-19-6-10-22(11-7-19)33-25(21-12-14-28-15-13-21)31-32-27(33)36-17-24(34)30-26-29-23(16-35-26)20-8-4-18(2)5-9-20/h4-16H,3,17H2,1-2H3,(H,29,30,34). The molecule has 0 atom stereocenters. The lowest BCUT2D eigenvalue weighted by Crippen LogP contribution is -2.14. The van der Waals surface area contributed by atoms with Crippen LogP contribution < -0.4 is 5.32 Å². The number of anilines is 1. The molecule has 5 rings (SSSR count). The van der Waals surface area contributed by atoms with E-state index >= 15 is 0 Å². The third-order valence-corrected chi connectivity index (χ3v) is 7.29. The van der Waals surface area contributed by atoms with Gasteiger partial charge >= 0.3 is 0 Å². The van der Waals surface area contributed by atoms with E-state index in [0.717, 1.165) is 28.9 Å². The summed E-state index contributed by atoms with van der Waals surface area (Å²) >= 11 is 2.75. The van der Waals surface area contributed by atoms with E-state index in [0.29, 0.717) is 16.1 Å². The Morgan fingerprint density at radius 2 is 1.72 bits per heavy atom. The molecule has 0 aliphatic carbocycles. The van der Waals surface area contributed by atoms with Crippen molar-refractivity contribution in [2.24, 2.45) is 0 Å². The quantitative estimate of drug-likeness (QED) is 0.255. The molecule has 0 spiro atoms. The number of hydrogen-bond donors (Lipinski definition) is 1. The van der Waals surface area contributed by atoms with Crippen LogP contribution in [0.25, 0.3) is 28.3 Å². The maximum Gasteiger partial charge on any atom is 0.236 e. The average molecular weight is 513 g/mol. The summed E-state index contributed by atoms with van der Waals surface area (Å²) in [5, 5.41) is 14.9. The van der Waals surface area contributed by atoms with Crippen LogP contribution in [0.3, 0.4) is 0 Å². The van der Waals surface area contributed by atoms with Gasteiger partial charge in [-0.25, -0.2) is 4.98 Å². The molecule has 5 aromatic rings. The van der Waals surface area contributed by atoms with Crippen LogP contribution in [0.1, 0.15) is 18.1 Å². The van der Waals surface area contributed by atoms with Gasteiger partial charge in [-0.1, -0.05) is 60.6 Å². The molecule has 7 nitrogen and oxygen atoms in total. The first-order valence-corrected chi connectivity index (χ1v) is 13.4. The summed E-state index contributed by atoms with van der Waals surface area (Å²) in [6.45, 7) is 4.18. The SMILES string of the molecule is CCc1ccc(-n2c(SCC(=O)Nc3nc(-c4ccc(C)cc4)cs3)nnc2-c2ccncc2)cc1. The van der Waals surface area contributed by atoms with Crippen LogP contribution in [0.4, 0.5) is 5.13 Å². The fourth-order valence-electron chi connectivity index (χ4n) is 3.64. The van der Waals surface area contributed by atoms with E-state index in [1.54, 1.807) is 12.4 Å². The number of rotatable bonds is 8. The van der Waals surface area contributed by atoms with Crippen LogP contribution in [0.15, 0.2) is 83.6 Å². The first kappa shape index (κ1) is 23.9. The molecule has 3 aromatic heterocycles. The van der Waals surface area contributed by atoms with Crippen molar-refractivity contribution in [1.29, 1.82) is 0 Å². The van der Waals surface area contributed by atoms with E-state index in [1.165, 1.54) is 34.2 Å². The average Bonchev–Trinajstić information content (AvgIpc) is 3.56. The van der Waals surface area contributed by atoms with Crippen molar-refractivity contribution in [3.8, 4) is 28.3 Å². The van der Waals surface area contributed by atoms with Crippen molar-refractivity contribution in [1.82, 2.24) is 24.7 Å². The van der Waals surface area contributed by atoms with Crippen molar-refractivity contribution in [3.63, 3.8) is 0 Å². The van der Waals surface area contributed by atoms with Crippen LogP contribution in [-0.4, -0.2) is 36.4 Å². The molecule has 9 heteroatoms. The zero-order valence-electron chi connectivity index (χ0n) is 19.9. The molecule has 0 saturated heterocycles. The smallest absolute Gasteiger partial charge is 0.236 e. The Morgan fingerprint density at radius 1 is 0.972 bits per heavy atom. The molecule has 0 bridgehead atoms. The van der Waals surface area contributed by atoms with Crippen molar-refractivity contribution in [2.45, 2.75) is 25.4 Å². The first-order chi connectivity index (χ1) is 17.6. The third-order valence-electron chi connectivity index (χ3n) is 5.60. The van der Waals surface area contributed by atoms with Crippen LogP contribution in [0.2, 0.25) is 0 Å². The van der Waals surface area contributed by atoms with Gasteiger partial charge in [0, 0.05) is 34.6 Å². The topological polar surface area (TPSA) is 85.6 Å². The molecule has 1 N–H and O–H groups in total. The fraction of sp³-hybridized carbons (Fsp3) is 0.148. The number of nitrogens with zero attached hydrogens (tertiary/aromatic N) is 5. The van der Waals surface area contributed by atoms with E-state index in [4.69, 9.17) is 0 Å². The molecule has 1 amide bonds. The number of aryl methyl sites for hydroxylation is 2. The molecular formula is C27H24N6OS2. The highest BCUT2D eigenvalue weighted by atomic mass is 32.2.